The molecule has 0 unspecified atom stereocenters. The number of hydrogen-bond acceptors (Lipinski definition) is 2. The highest BCUT2D eigenvalue weighted by atomic mass is 32.1. The second kappa shape index (κ2) is 7.87. The first-order valence-corrected chi connectivity index (χ1v) is 10.1. The van der Waals surface area contributed by atoms with E-state index in [0.717, 1.165) is 27.9 Å². The highest BCUT2D eigenvalue weighted by Gasteiger charge is 2.15. The molecule has 134 valence electrons. The molecule has 0 bridgehead atoms. The SMILES string of the molecule is O=C(/N=c1\sc2ccccc2n1Cc1ccccc1)NC1CCCCC1. The topological polar surface area (TPSA) is 46.4 Å². The Kier molecular flexibility index (Phi) is 5.16. The quantitative estimate of drug-likeness (QED) is 0.719. The summed E-state index contributed by atoms with van der Waals surface area (Å²) < 4.78 is 3.28. The van der Waals surface area contributed by atoms with Crippen molar-refractivity contribution in [1.82, 2.24) is 9.88 Å². The zero-order chi connectivity index (χ0) is 17.8. The Labute approximate surface area is 157 Å². The summed E-state index contributed by atoms with van der Waals surface area (Å²) in [6.07, 6.45) is 5.80. The fourth-order valence-corrected chi connectivity index (χ4v) is 4.59. The maximum atomic E-state index is 12.5. The van der Waals surface area contributed by atoms with Gasteiger partial charge in [0.05, 0.1) is 16.8 Å². The van der Waals surface area contributed by atoms with Crippen molar-refractivity contribution < 1.29 is 4.79 Å². The van der Waals surface area contributed by atoms with E-state index in [1.54, 1.807) is 11.3 Å². The number of thiazole rings is 1. The molecule has 0 atom stereocenters. The van der Waals surface area contributed by atoms with Gasteiger partial charge in [0.15, 0.2) is 4.80 Å². The molecule has 0 aliphatic heterocycles. The monoisotopic (exact) mass is 365 g/mol. The molecule has 5 heteroatoms. The number of benzene rings is 2. The van der Waals surface area contributed by atoms with Crippen LogP contribution in [-0.4, -0.2) is 16.6 Å². The fourth-order valence-electron chi connectivity index (χ4n) is 3.57. The molecule has 0 radical (unpaired) electrons. The average Bonchev–Trinajstić information content (AvgIpc) is 3.00. The molecule has 1 aliphatic carbocycles. The van der Waals surface area contributed by atoms with Crippen LogP contribution in [0, 0.1) is 0 Å². The molecule has 4 nitrogen and oxygen atoms in total. The van der Waals surface area contributed by atoms with Crippen LogP contribution in [0.15, 0.2) is 59.6 Å². The summed E-state index contributed by atoms with van der Waals surface area (Å²) in [5.74, 6) is 0. The molecule has 1 aromatic heterocycles. The van der Waals surface area contributed by atoms with Gasteiger partial charge >= 0.3 is 6.03 Å². The largest absolute Gasteiger partial charge is 0.343 e. The number of urea groups is 1. The summed E-state index contributed by atoms with van der Waals surface area (Å²) >= 11 is 1.57. The van der Waals surface area contributed by atoms with Gasteiger partial charge in [0.2, 0.25) is 0 Å². The Morgan fingerprint density at radius 2 is 1.77 bits per heavy atom. The van der Waals surface area contributed by atoms with Crippen molar-refractivity contribution in [2.24, 2.45) is 4.99 Å². The maximum Gasteiger partial charge on any atom is 0.343 e. The second-order valence-electron chi connectivity index (χ2n) is 6.82. The number of hydrogen-bond donors (Lipinski definition) is 1. The molecule has 1 N–H and O–H groups in total. The van der Waals surface area contributed by atoms with Gasteiger partial charge in [-0.1, -0.05) is 73.1 Å². The number of rotatable bonds is 3. The van der Waals surface area contributed by atoms with Crippen molar-refractivity contribution in [1.29, 1.82) is 0 Å². The lowest BCUT2D eigenvalue weighted by Crippen LogP contribution is -2.35. The third kappa shape index (κ3) is 3.88. The number of carbonyl (C=O) groups excluding carboxylic acids is 1. The van der Waals surface area contributed by atoms with Gasteiger partial charge in [0, 0.05) is 6.04 Å². The standard InChI is InChI=1S/C21H23N3OS/c25-20(22-17-11-5-2-6-12-17)23-21-24(15-16-9-3-1-4-10-16)18-13-7-8-14-19(18)26-21/h1,3-4,7-10,13-14,17H,2,5-6,11-12,15H2,(H,22,25)/b23-21-. The van der Waals surface area contributed by atoms with E-state index in [1.807, 2.05) is 30.3 Å². The van der Waals surface area contributed by atoms with Gasteiger partial charge < -0.3 is 9.88 Å². The Balaban J connectivity index is 1.67. The molecule has 3 aromatic rings. The van der Waals surface area contributed by atoms with Crippen LogP contribution in [0.3, 0.4) is 0 Å². The molecule has 4 rings (SSSR count). The minimum atomic E-state index is -0.217. The van der Waals surface area contributed by atoms with Gasteiger partial charge in [-0.15, -0.1) is 0 Å². The first-order valence-electron chi connectivity index (χ1n) is 9.27. The van der Waals surface area contributed by atoms with Crippen molar-refractivity contribution in [2.75, 3.05) is 0 Å². The average molecular weight is 366 g/mol. The van der Waals surface area contributed by atoms with Crippen LogP contribution in [0.5, 0.6) is 0 Å². The first-order chi connectivity index (χ1) is 12.8. The molecular weight excluding hydrogens is 342 g/mol. The number of fused-ring (bicyclic) bond motifs is 1. The molecule has 2 aromatic carbocycles. The van der Waals surface area contributed by atoms with E-state index >= 15 is 0 Å². The lowest BCUT2D eigenvalue weighted by molar-refractivity contribution is 0.240. The summed E-state index contributed by atoms with van der Waals surface area (Å²) in [4.78, 5) is 17.6. The number of aromatic nitrogens is 1. The zero-order valence-corrected chi connectivity index (χ0v) is 15.5. The van der Waals surface area contributed by atoms with E-state index in [9.17, 15) is 4.79 Å². The normalized spacial score (nSPS) is 16.1. The molecule has 2 amide bonds. The predicted octanol–water partition coefficient (Wildman–Crippen LogP) is 4.69. The maximum absolute atomic E-state index is 12.5. The van der Waals surface area contributed by atoms with Gasteiger partial charge in [-0.25, -0.2) is 4.79 Å². The second-order valence-corrected chi connectivity index (χ2v) is 7.83. The van der Waals surface area contributed by atoms with Crippen molar-refractivity contribution in [3.63, 3.8) is 0 Å². The lowest BCUT2D eigenvalue weighted by Gasteiger charge is -2.21. The molecule has 0 spiro atoms. The van der Waals surface area contributed by atoms with E-state index < -0.39 is 0 Å². The number of amides is 2. The van der Waals surface area contributed by atoms with Gasteiger partial charge in [-0.3, -0.25) is 0 Å². The predicted molar refractivity (Wildman–Crippen MR) is 106 cm³/mol. The summed E-state index contributed by atoms with van der Waals surface area (Å²) in [6.45, 7) is 0.709. The van der Waals surface area contributed by atoms with E-state index in [4.69, 9.17) is 0 Å². The summed E-state index contributed by atoms with van der Waals surface area (Å²) in [5.41, 5.74) is 2.32. The molecule has 0 saturated heterocycles. The molecular formula is C21H23N3OS. The molecule has 1 aliphatic rings. The Morgan fingerprint density at radius 3 is 2.58 bits per heavy atom. The summed E-state index contributed by atoms with van der Waals surface area (Å²) in [7, 11) is 0. The minimum absolute atomic E-state index is 0.217. The van der Waals surface area contributed by atoms with Crippen molar-refractivity contribution in [2.45, 2.75) is 44.7 Å². The van der Waals surface area contributed by atoms with Crippen LogP contribution >= 0.6 is 11.3 Å². The zero-order valence-electron chi connectivity index (χ0n) is 14.7. The minimum Gasteiger partial charge on any atom is -0.333 e. The van der Waals surface area contributed by atoms with Crippen LogP contribution in [0.1, 0.15) is 37.7 Å². The smallest absolute Gasteiger partial charge is 0.333 e. The number of para-hydroxylation sites is 1. The Hall–Kier alpha value is -2.40. The third-order valence-corrected chi connectivity index (χ3v) is 5.96. The Morgan fingerprint density at radius 1 is 1.04 bits per heavy atom. The molecule has 1 fully saturated rings. The summed E-state index contributed by atoms with van der Waals surface area (Å²) in [6, 6.07) is 18.6. The third-order valence-electron chi connectivity index (χ3n) is 4.90. The molecule has 1 heterocycles. The van der Waals surface area contributed by atoms with Crippen LogP contribution in [-0.2, 0) is 6.54 Å². The van der Waals surface area contributed by atoms with Crippen molar-refractivity contribution >= 4 is 27.6 Å². The van der Waals surface area contributed by atoms with Crippen molar-refractivity contribution in [3.05, 3.63) is 65.0 Å². The number of nitrogens with zero attached hydrogens (tertiary/aromatic N) is 2. The highest BCUT2D eigenvalue weighted by Crippen LogP contribution is 2.19. The van der Waals surface area contributed by atoms with Gasteiger partial charge in [-0.05, 0) is 30.5 Å². The van der Waals surface area contributed by atoms with Gasteiger partial charge in [0.25, 0.3) is 0 Å². The van der Waals surface area contributed by atoms with E-state index in [2.05, 4.69) is 39.1 Å². The van der Waals surface area contributed by atoms with E-state index in [-0.39, 0.29) is 12.1 Å². The molecule has 26 heavy (non-hydrogen) atoms. The lowest BCUT2D eigenvalue weighted by atomic mass is 9.96. The Bertz CT molecular complexity index is 952. The van der Waals surface area contributed by atoms with Crippen LogP contribution in [0.4, 0.5) is 4.79 Å². The first kappa shape index (κ1) is 17.0. The number of carbonyl (C=O) groups is 1. The highest BCUT2D eigenvalue weighted by molar-refractivity contribution is 7.16. The fraction of sp³-hybridized carbons (Fsp3) is 0.333. The van der Waals surface area contributed by atoms with Crippen LogP contribution in [0.2, 0.25) is 0 Å². The van der Waals surface area contributed by atoms with Crippen LogP contribution in [0.25, 0.3) is 10.2 Å². The van der Waals surface area contributed by atoms with Gasteiger partial charge in [0.1, 0.15) is 0 Å². The van der Waals surface area contributed by atoms with E-state index in [1.165, 1.54) is 24.8 Å². The van der Waals surface area contributed by atoms with Gasteiger partial charge in [-0.2, -0.15) is 4.99 Å². The van der Waals surface area contributed by atoms with E-state index in [0.29, 0.717) is 6.54 Å². The molecule has 1 saturated carbocycles. The van der Waals surface area contributed by atoms with Crippen molar-refractivity contribution in [3.8, 4) is 0 Å². The summed E-state index contributed by atoms with van der Waals surface area (Å²) in [5, 5.41) is 3.09. The van der Waals surface area contributed by atoms with Crippen LogP contribution < -0.4 is 10.1 Å². The number of nitrogens with one attached hydrogen (secondary N) is 1.